The van der Waals surface area contributed by atoms with Crippen LogP contribution in [0.25, 0.3) is 0 Å². The van der Waals surface area contributed by atoms with Crippen molar-refractivity contribution in [1.29, 1.82) is 0 Å². The molecule has 0 saturated heterocycles. The molecule has 0 aromatic heterocycles. The van der Waals surface area contributed by atoms with Gasteiger partial charge in [0.1, 0.15) is 0 Å². The third-order valence-corrected chi connectivity index (χ3v) is 1.99. The number of carbonyl (C=O) groups is 2. The van der Waals surface area contributed by atoms with Crippen LogP contribution >= 0.6 is 12.6 Å². The van der Waals surface area contributed by atoms with E-state index in [0.29, 0.717) is 0 Å². The van der Waals surface area contributed by atoms with E-state index in [1.807, 2.05) is 0 Å². The van der Waals surface area contributed by atoms with Crippen LogP contribution in [0.1, 0.15) is 6.92 Å². The van der Waals surface area contributed by atoms with Crippen molar-refractivity contribution in [2.75, 3.05) is 19.0 Å². The molecule has 0 heterocycles. The fourth-order valence-corrected chi connectivity index (χ4v) is 0.965. The molecule has 0 spiro atoms. The Labute approximate surface area is 93.6 Å². The van der Waals surface area contributed by atoms with Gasteiger partial charge in [0.2, 0.25) is 18.1 Å². The minimum Gasteiger partial charge on any atom is -0.339 e. The zero-order valence-electron chi connectivity index (χ0n) is 8.40. The Morgan fingerprint density at radius 1 is 1.60 bits per heavy atom. The van der Waals surface area contributed by atoms with Crippen LogP contribution in [0.2, 0.25) is 0 Å². The predicted octanol–water partition coefficient (Wildman–Crippen LogP) is -1.72. The van der Waals surface area contributed by atoms with Gasteiger partial charge >= 0.3 is 0 Å². The number of hydrogen-bond donors (Lipinski definition) is 3. The van der Waals surface area contributed by atoms with Crippen LogP contribution in [0.5, 0.6) is 0 Å². The number of nitrogens with two attached hydrogens (primary N) is 1. The van der Waals surface area contributed by atoms with Crippen LogP contribution in [0.4, 0.5) is 0 Å². The minimum atomic E-state index is -0.782. The minimum absolute atomic E-state index is 0.0507. The van der Waals surface area contributed by atoms with E-state index in [4.69, 9.17) is 5.73 Å². The number of nitrogens with one attached hydrogen (secondary N) is 1. The lowest BCUT2D eigenvalue weighted by molar-refractivity contribution is -0.132. The van der Waals surface area contributed by atoms with Crippen LogP contribution in [0.15, 0.2) is 0 Å². The first-order chi connectivity index (χ1) is 7.02. The fourth-order valence-electron chi connectivity index (χ4n) is 0.809. The molecule has 7 heteroatoms. The monoisotopic (exact) mass is 232 g/mol. The zero-order chi connectivity index (χ0) is 11.8. The summed E-state index contributed by atoms with van der Waals surface area (Å²) >= 11 is 3.87. The SMILES string of the molecule is CC(=O)NCN(C[C]=O)C(=O)[C@@H](N)CS. The third-order valence-electron chi connectivity index (χ3n) is 1.60. The average Bonchev–Trinajstić information content (AvgIpc) is 2.21. The lowest BCUT2D eigenvalue weighted by Gasteiger charge is -2.22. The van der Waals surface area contributed by atoms with E-state index in [9.17, 15) is 14.4 Å². The van der Waals surface area contributed by atoms with Gasteiger partial charge in [-0.1, -0.05) is 0 Å². The fraction of sp³-hybridized carbons (Fsp3) is 0.625. The summed E-state index contributed by atoms with van der Waals surface area (Å²) in [7, 11) is 0. The lowest BCUT2D eigenvalue weighted by atomic mass is 10.3. The summed E-state index contributed by atoms with van der Waals surface area (Å²) in [6.45, 7) is 1.04. The van der Waals surface area contributed by atoms with Crippen molar-refractivity contribution in [1.82, 2.24) is 10.2 Å². The smallest absolute Gasteiger partial charge is 0.242 e. The number of nitrogens with zero attached hydrogens (tertiary/aromatic N) is 1. The summed E-state index contributed by atoms with van der Waals surface area (Å²) in [6.07, 6.45) is 1.57. The van der Waals surface area contributed by atoms with E-state index in [2.05, 4.69) is 17.9 Å². The molecular weight excluding hydrogens is 218 g/mol. The number of amides is 2. The maximum absolute atomic E-state index is 11.5. The Balaban J connectivity index is 4.30. The molecule has 0 rings (SSSR count). The highest BCUT2D eigenvalue weighted by atomic mass is 32.1. The summed E-state index contributed by atoms with van der Waals surface area (Å²) in [5.74, 6) is -0.561. The van der Waals surface area contributed by atoms with Gasteiger partial charge in [0.25, 0.3) is 0 Å². The van der Waals surface area contributed by atoms with E-state index in [-0.39, 0.29) is 24.9 Å². The van der Waals surface area contributed by atoms with E-state index >= 15 is 0 Å². The summed E-state index contributed by atoms with van der Waals surface area (Å²) in [6, 6.07) is -0.782. The molecule has 85 valence electrons. The van der Waals surface area contributed by atoms with E-state index in [0.717, 1.165) is 4.90 Å². The standard InChI is InChI=1S/C8H14N3O3S/c1-6(13)10-5-11(2-3-12)8(14)7(9)4-15/h7,15H,2,4-5,9H2,1H3,(H,10,13)/t7-/m0/s1. The highest BCUT2D eigenvalue weighted by Gasteiger charge is 2.19. The Kier molecular flexibility index (Phi) is 6.72. The molecule has 0 aromatic rings. The highest BCUT2D eigenvalue weighted by Crippen LogP contribution is 1.93. The van der Waals surface area contributed by atoms with Gasteiger partial charge in [0.15, 0.2) is 0 Å². The topological polar surface area (TPSA) is 92.5 Å². The van der Waals surface area contributed by atoms with Crippen molar-refractivity contribution in [3.63, 3.8) is 0 Å². The number of carbonyl (C=O) groups excluding carboxylic acids is 3. The molecule has 0 saturated carbocycles. The maximum Gasteiger partial charge on any atom is 0.242 e. The second-order valence-corrected chi connectivity index (χ2v) is 3.23. The predicted molar refractivity (Wildman–Crippen MR) is 57.9 cm³/mol. The van der Waals surface area contributed by atoms with Crippen LogP contribution in [0.3, 0.4) is 0 Å². The summed E-state index contributed by atoms with van der Waals surface area (Å²) in [5.41, 5.74) is 5.44. The summed E-state index contributed by atoms with van der Waals surface area (Å²) in [4.78, 5) is 33.4. The quantitative estimate of drug-likeness (QED) is 0.375. The zero-order valence-corrected chi connectivity index (χ0v) is 9.29. The van der Waals surface area contributed by atoms with Crippen molar-refractivity contribution in [3.05, 3.63) is 0 Å². The average molecular weight is 232 g/mol. The molecule has 0 fully saturated rings. The third kappa shape index (κ3) is 5.38. The Morgan fingerprint density at radius 2 is 2.20 bits per heavy atom. The number of hydrogen-bond acceptors (Lipinski definition) is 5. The first-order valence-electron chi connectivity index (χ1n) is 4.27. The van der Waals surface area contributed by atoms with E-state index in [1.165, 1.54) is 6.92 Å². The van der Waals surface area contributed by atoms with Crippen LogP contribution in [-0.4, -0.2) is 48.0 Å². The number of thiol groups is 1. The summed E-state index contributed by atoms with van der Waals surface area (Å²) < 4.78 is 0. The van der Waals surface area contributed by atoms with Gasteiger partial charge in [0.05, 0.1) is 19.3 Å². The highest BCUT2D eigenvalue weighted by molar-refractivity contribution is 7.80. The Bertz CT molecular complexity index is 247. The normalized spacial score (nSPS) is 11.7. The molecular formula is C8H14N3O3S. The molecule has 0 aliphatic heterocycles. The van der Waals surface area contributed by atoms with Gasteiger partial charge in [-0.05, 0) is 0 Å². The van der Waals surface area contributed by atoms with Crippen molar-refractivity contribution >= 4 is 30.7 Å². The van der Waals surface area contributed by atoms with Crippen molar-refractivity contribution < 1.29 is 14.4 Å². The molecule has 1 radical (unpaired) electrons. The van der Waals surface area contributed by atoms with Crippen LogP contribution in [0, 0.1) is 0 Å². The molecule has 0 bridgehead atoms. The van der Waals surface area contributed by atoms with Crippen LogP contribution in [-0.2, 0) is 14.4 Å². The Hall–Kier alpha value is -1.08. The van der Waals surface area contributed by atoms with Crippen molar-refractivity contribution in [2.24, 2.45) is 5.73 Å². The van der Waals surface area contributed by atoms with Gasteiger partial charge < -0.3 is 16.0 Å². The van der Waals surface area contributed by atoms with Gasteiger partial charge in [-0.15, -0.1) is 0 Å². The molecule has 0 unspecified atom stereocenters. The second-order valence-electron chi connectivity index (χ2n) is 2.86. The van der Waals surface area contributed by atoms with Gasteiger partial charge in [-0.2, -0.15) is 12.6 Å². The van der Waals surface area contributed by atoms with Gasteiger partial charge in [-0.3, -0.25) is 14.4 Å². The first-order valence-corrected chi connectivity index (χ1v) is 4.90. The molecule has 0 aliphatic carbocycles. The van der Waals surface area contributed by atoms with Crippen LogP contribution < -0.4 is 11.1 Å². The first kappa shape index (κ1) is 13.9. The maximum atomic E-state index is 11.5. The molecule has 3 N–H and O–H groups in total. The molecule has 6 nitrogen and oxygen atoms in total. The van der Waals surface area contributed by atoms with Crippen molar-refractivity contribution in [3.8, 4) is 0 Å². The second kappa shape index (κ2) is 7.24. The molecule has 0 aliphatic rings. The number of rotatable bonds is 6. The Morgan fingerprint density at radius 3 is 2.60 bits per heavy atom. The molecule has 0 aromatic carbocycles. The van der Waals surface area contributed by atoms with Crippen molar-refractivity contribution in [2.45, 2.75) is 13.0 Å². The van der Waals surface area contributed by atoms with E-state index < -0.39 is 11.9 Å². The lowest BCUT2D eigenvalue weighted by Crippen LogP contribution is -2.49. The van der Waals surface area contributed by atoms with Gasteiger partial charge in [-0.25, -0.2) is 0 Å². The van der Waals surface area contributed by atoms with E-state index in [1.54, 1.807) is 6.29 Å². The molecule has 2 amide bonds. The summed E-state index contributed by atoms with van der Waals surface area (Å²) in [5, 5.41) is 2.40. The molecule has 15 heavy (non-hydrogen) atoms. The molecule has 1 atom stereocenters. The largest absolute Gasteiger partial charge is 0.339 e. The van der Waals surface area contributed by atoms with Gasteiger partial charge in [0, 0.05) is 12.7 Å².